The average Bonchev–Trinajstić information content (AvgIpc) is 2.41. The fourth-order valence-electron chi connectivity index (χ4n) is 1.14. The molecule has 14 heteroatoms. The van der Waals surface area contributed by atoms with Gasteiger partial charge in [0.05, 0.1) is 45.6 Å². The molecule has 11 nitrogen and oxygen atoms in total. The molecule has 0 rings (SSSR count). The maximum Gasteiger partial charge on any atom is 1.00 e. The van der Waals surface area contributed by atoms with E-state index in [0.29, 0.717) is 26.4 Å². The summed E-state index contributed by atoms with van der Waals surface area (Å²) in [6, 6.07) is 0. The number of aliphatic hydroxyl groups is 3. The molecule has 0 saturated heterocycles. The Balaban J connectivity index is -0.000000104. The number of aliphatic hydroxyl groups excluding tert-OH is 2. The molecule has 0 heterocycles. The number of ether oxygens (including phenoxy) is 2. The van der Waals surface area contributed by atoms with Crippen molar-refractivity contribution in [2.45, 2.75) is 18.4 Å². The zero-order chi connectivity index (χ0) is 18.3. The first-order valence-electron chi connectivity index (χ1n) is 6.40. The molecular formula is C12H19Na3O11. The van der Waals surface area contributed by atoms with Crippen LogP contribution in [-0.4, -0.2) is 78.5 Å². The third-order valence-electron chi connectivity index (χ3n) is 2.10. The third kappa shape index (κ3) is 25.2. The fourth-order valence-corrected chi connectivity index (χ4v) is 1.14. The van der Waals surface area contributed by atoms with Crippen LogP contribution in [0, 0.1) is 0 Å². The Morgan fingerprint density at radius 2 is 1.04 bits per heavy atom. The van der Waals surface area contributed by atoms with Gasteiger partial charge in [0, 0.05) is 24.8 Å². The predicted molar refractivity (Wildman–Crippen MR) is 65.0 cm³/mol. The van der Waals surface area contributed by atoms with Crippen LogP contribution in [0.4, 0.5) is 0 Å². The van der Waals surface area contributed by atoms with Gasteiger partial charge in [-0.1, -0.05) is 0 Å². The molecule has 0 saturated carbocycles. The molecule has 0 spiro atoms. The molecule has 0 radical (unpaired) electrons. The Morgan fingerprint density at radius 3 is 1.23 bits per heavy atom. The summed E-state index contributed by atoms with van der Waals surface area (Å²) in [6.45, 7) is 1.73. The average molecular weight is 408 g/mol. The predicted octanol–water partition coefficient (Wildman–Crippen LogP) is -15.2. The van der Waals surface area contributed by atoms with Crippen molar-refractivity contribution >= 4 is 17.9 Å². The van der Waals surface area contributed by atoms with Crippen molar-refractivity contribution in [1.29, 1.82) is 0 Å². The minimum absolute atomic E-state index is 0. The van der Waals surface area contributed by atoms with E-state index in [1.807, 2.05) is 0 Å². The molecule has 0 unspecified atom stereocenters. The number of carboxylic acids is 3. The third-order valence-corrected chi connectivity index (χ3v) is 2.10. The molecule has 0 bridgehead atoms. The van der Waals surface area contributed by atoms with Gasteiger partial charge in [0.1, 0.15) is 5.60 Å². The summed E-state index contributed by atoms with van der Waals surface area (Å²) in [6.07, 6.45) is -2.72. The molecule has 0 aliphatic heterocycles. The molecule has 0 amide bonds. The summed E-state index contributed by atoms with van der Waals surface area (Å²) < 4.78 is 9.75. The zero-order valence-electron chi connectivity index (χ0n) is 15.3. The van der Waals surface area contributed by atoms with E-state index in [1.165, 1.54) is 0 Å². The molecular weight excluding hydrogens is 389 g/mol. The largest absolute Gasteiger partial charge is 1.00 e. The smallest absolute Gasteiger partial charge is 0.550 e. The van der Waals surface area contributed by atoms with Crippen LogP contribution in [0.2, 0.25) is 0 Å². The topological polar surface area (TPSA) is 200 Å². The quantitative estimate of drug-likeness (QED) is 0.204. The van der Waals surface area contributed by atoms with E-state index in [0.717, 1.165) is 0 Å². The maximum atomic E-state index is 10.1. The molecule has 0 atom stereocenters. The van der Waals surface area contributed by atoms with Gasteiger partial charge in [0.15, 0.2) is 0 Å². The number of hydrogen-bond donors (Lipinski definition) is 3. The molecule has 0 fully saturated rings. The van der Waals surface area contributed by atoms with E-state index in [-0.39, 0.29) is 102 Å². The Kier molecular flexibility index (Phi) is 35.3. The second-order valence-corrected chi connectivity index (χ2v) is 4.09. The van der Waals surface area contributed by atoms with E-state index < -0.39 is 36.4 Å². The van der Waals surface area contributed by atoms with Crippen molar-refractivity contribution in [1.82, 2.24) is 0 Å². The molecule has 0 aliphatic carbocycles. The molecule has 26 heavy (non-hydrogen) atoms. The first-order valence-corrected chi connectivity index (χ1v) is 6.40. The number of carbonyl (C=O) groups excluding carboxylic acids is 3. The molecule has 0 aliphatic rings. The van der Waals surface area contributed by atoms with Crippen LogP contribution in [0.25, 0.3) is 0 Å². The fraction of sp³-hybridized carbons (Fsp3) is 0.750. The van der Waals surface area contributed by atoms with Crippen LogP contribution >= 0.6 is 0 Å². The minimum Gasteiger partial charge on any atom is -0.550 e. The van der Waals surface area contributed by atoms with Gasteiger partial charge in [-0.3, -0.25) is 0 Å². The van der Waals surface area contributed by atoms with Crippen LogP contribution in [0.5, 0.6) is 0 Å². The van der Waals surface area contributed by atoms with Gasteiger partial charge in [0.2, 0.25) is 0 Å². The Bertz CT molecular complexity index is 344. The van der Waals surface area contributed by atoms with E-state index in [9.17, 15) is 29.7 Å². The van der Waals surface area contributed by atoms with Crippen molar-refractivity contribution in [3.63, 3.8) is 0 Å². The molecule has 3 N–H and O–H groups in total. The van der Waals surface area contributed by atoms with Crippen molar-refractivity contribution in [2.24, 2.45) is 0 Å². The summed E-state index contributed by atoms with van der Waals surface area (Å²) in [5.74, 6) is -5.98. The van der Waals surface area contributed by atoms with Crippen LogP contribution in [-0.2, 0) is 23.9 Å². The normalized spacial score (nSPS) is 9.35. The summed E-state index contributed by atoms with van der Waals surface area (Å²) >= 11 is 0. The van der Waals surface area contributed by atoms with Crippen LogP contribution in [0.15, 0.2) is 0 Å². The second-order valence-electron chi connectivity index (χ2n) is 4.09. The van der Waals surface area contributed by atoms with Gasteiger partial charge in [-0.05, 0) is 0 Å². The molecule has 0 aromatic rings. The maximum absolute atomic E-state index is 10.1. The number of carboxylic acid groups (broad SMARTS) is 3. The van der Waals surface area contributed by atoms with Gasteiger partial charge >= 0.3 is 88.7 Å². The summed E-state index contributed by atoms with van der Waals surface area (Å²) in [7, 11) is 0. The monoisotopic (exact) mass is 408 g/mol. The van der Waals surface area contributed by atoms with Gasteiger partial charge in [-0.2, -0.15) is 0 Å². The Morgan fingerprint density at radius 1 is 0.731 bits per heavy atom. The summed E-state index contributed by atoms with van der Waals surface area (Å²) in [4.78, 5) is 30.0. The van der Waals surface area contributed by atoms with Gasteiger partial charge in [-0.15, -0.1) is 0 Å². The van der Waals surface area contributed by atoms with Gasteiger partial charge in [-0.25, -0.2) is 0 Å². The Hall–Kier alpha value is 1.21. The SMILES string of the molecule is O=C([O-])CC(O)(CC(=O)[O-])C(=O)[O-].OCCOCCOCCO.[Na+].[Na+].[Na+]. The molecule has 0 aromatic carbocycles. The van der Waals surface area contributed by atoms with Gasteiger partial charge < -0.3 is 54.5 Å². The number of carbonyl (C=O) groups is 3. The van der Waals surface area contributed by atoms with Crippen molar-refractivity contribution in [2.75, 3.05) is 39.6 Å². The van der Waals surface area contributed by atoms with E-state index in [2.05, 4.69) is 0 Å². The Labute approximate surface area is 216 Å². The first kappa shape index (κ1) is 37.9. The van der Waals surface area contributed by atoms with Crippen LogP contribution < -0.4 is 104 Å². The van der Waals surface area contributed by atoms with Crippen molar-refractivity contribution in [3.05, 3.63) is 0 Å². The van der Waals surface area contributed by atoms with E-state index >= 15 is 0 Å². The zero-order valence-corrected chi connectivity index (χ0v) is 21.3. The second kappa shape index (κ2) is 24.2. The van der Waals surface area contributed by atoms with Crippen molar-refractivity contribution < 1.29 is 143 Å². The van der Waals surface area contributed by atoms with Crippen LogP contribution in [0.1, 0.15) is 12.8 Å². The van der Waals surface area contributed by atoms with E-state index in [4.69, 9.17) is 24.8 Å². The molecule has 136 valence electrons. The summed E-state index contributed by atoms with van der Waals surface area (Å²) in [5.41, 5.74) is -2.97. The van der Waals surface area contributed by atoms with E-state index in [1.54, 1.807) is 0 Å². The molecule has 0 aromatic heterocycles. The van der Waals surface area contributed by atoms with Crippen LogP contribution in [0.3, 0.4) is 0 Å². The standard InChI is InChI=1S/C6H8O7.C6H14O4.3Na/c7-3(8)1-6(13,5(11)12)2-4(9)10;7-1-3-9-5-6-10-4-2-8;;;/h13H,1-2H2,(H,7,8)(H,9,10)(H,11,12);7-8H,1-6H2;;;/q;;3*+1/p-3. The number of aliphatic carboxylic acids is 3. The number of rotatable bonds is 12. The number of hydrogen-bond acceptors (Lipinski definition) is 11. The first-order chi connectivity index (χ1) is 10.7. The minimum atomic E-state index is -2.97. The van der Waals surface area contributed by atoms with Crippen molar-refractivity contribution in [3.8, 4) is 0 Å². The van der Waals surface area contributed by atoms with Gasteiger partial charge in [0.25, 0.3) is 0 Å². The summed E-state index contributed by atoms with van der Waals surface area (Å²) in [5, 5.41) is 55.5.